The van der Waals surface area contributed by atoms with Gasteiger partial charge in [-0.2, -0.15) is 0 Å². The molecule has 0 heterocycles. The lowest BCUT2D eigenvalue weighted by Crippen LogP contribution is -2.32. The van der Waals surface area contributed by atoms with Gasteiger partial charge in [-0.3, -0.25) is 0 Å². The van der Waals surface area contributed by atoms with Gasteiger partial charge in [0.25, 0.3) is 0 Å². The maximum Gasteiger partial charge on any atom is 0.00385 e. The van der Waals surface area contributed by atoms with E-state index in [0.717, 1.165) is 12.5 Å². The Morgan fingerprint density at radius 1 is 0.889 bits per heavy atom. The lowest BCUT2D eigenvalue weighted by molar-refractivity contribution is 0.217. The molecule has 0 aromatic rings. The molecule has 18 heavy (non-hydrogen) atoms. The summed E-state index contributed by atoms with van der Waals surface area (Å²) in [5.74, 6) is 0.777. The summed E-state index contributed by atoms with van der Waals surface area (Å²) in [5, 5.41) is 3.51. The SMILES string of the molecule is CCCN(CCCCCCNCC(C)C)C(C)C. The second kappa shape index (κ2) is 12.0. The molecule has 0 spiro atoms. The summed E-state index contributed by atoms with van der Waals surface area (Å²) >= 11 is 0. The number of hydrogen-bond acceptors (Lipinski definition) is 2. The zero-order chi connectivity index (χ0) is 13.8. The third-order valence-corrected chi connectivity index (χ3v) is 3.34. The van der Waals surface area contributed by atoms with E-state index in [2.05, 4.69) is 44.8 Å². The highest BCUT2D eigenvalue weighted by atomic mass is 15.1. The van der Waals surface area contributed by atoms with Crippen molar-refractivity contribution in [1.82, 2.24) is 10.2 Å². The summed E-state index contributed by atoms with van der Waals surface area (Å²) in [4.78, 5) is 2.61. The fraction of sp³-hybridized carbons (Fsp3) is 1.00. The largest absolute Gasteiger partial charge is 0.316 e. The van der Waals surface area contributed by atoms with E-state index in [1.807, 2.05) is 0 Å². The fourth-order valence-corrected chi connectivity index (χ4v) is 2.22. The molecule has 0 bridgehead atoms. The van der Waals surface area contributed by atoms with Crippen LogP contribution in [0.2, 0.25) is 0 Å². The molecule has 110 valence electrons. The standard InChI is InChI=1S/C16H36N2/c1-6-12-18(16(4)5)13-10-8-7-9-11-17-14-15(2)3/h15-17H,6-14H2,1-5H3. The third-order valence-electron chi connectivity index (χ3n) is 3.34. The van der Waals surface area contributed by atoms with Crippen molar-refractivity contribution in [2.45, 2.75) is 72.8 Å². The predicted molar refractivity (Wildman–Crippen MR) is 83.2 cm³/mol. The van der Waals surface area contributed by atoms with E-state index in [4.69, 9.17) is 0 Å². The second-order valence-corrected chi connectivity index (χ2v) is 6.14. The van der Waals surface area contributed by atoms with Crippen molar-refractivity contribution in [1.29, 1.82) is 0 Å². The molecule has 2 heteroatoms. The summed E-state index contributed by atoms with van der Waals surface area (Å²) in [7, 11) is 0. The molecule has 0 saturated carbocycles. The summed E-state index contributed by atoms with van der Waals surface area (Å²) in [6.07, 6.45) is 6.74. The van der Waals surface area contributed by atoms with Gasteiger partial charge in [-0.25, -0.2) is 0 Å². The second-order valence-electron chi connectivity index (χ2n) is 6.14. The van der Waals surface area contributed by atoms with Crippen LogP contribution in [-0.2, 0) is 0 Å². The molecule has 0 aromatic heterocycles. The average Bonchev–Trinajstić information content (AvgIpc) is 2.30. The summed E-state index contributed by atoms with van der Waals surface area (Å²) in [6.45, 7) is 16.3. The van der Waals surface area contributed by atoms with Crippen LogP contribution in [0.1, 0.15) is 66.7 Å². The first-order chi connectivity index (χ1) is 8.57. The molecule has 0 unspecified atom stereocenters. The van der Waals surface area contributed by atoms with Crippen molar-refractivity contribution in [3.8, 4) is 0 Å². The number of nitrogens with zero attached hydrogens (tertiary/aromatic N) is 1. The smallest absolute Gasteiger partial charge is 0.00385 e. The van der Waals surface area contributed by atoms with Crippen LogP contribution in [-0.4, -0.2) is 37.1 Å². The molecule has 0 amide bonds. The Morgan fingerprint density at radius 2 is 1.56 bits per heavy atom. The normalized spacial score (nSPS) is 12.0. The number of nitrogens with one attached hydrogen (secondary N) is 1. The van der Waals surface area contributed by atoms with Crippen LogP contribution >= 0.6 is 0 Å². The number of unbranched alkanes of at least 4 members (excludes halogenated alkanes) is 3. The van der Waals surface area contributed by atoms with Gasteiger partial charge in [0, 0.05) is 6.04 Å². The van der Waals surface area contributed by atoms with E-state index in [9.17, 15) is 0 Å². The van der Waals surface area contributed by atoms with Crippen molar-refractivity contribution in [2.24, 2.45) is 5.92 Å². The highest BCUT2D eigenvalue weighted by Crippen LogP contribution is 2.05. The molecule has 0 aliphatic rings. The van der Waals surface area contributed by atoms with E-state index in [0.29, 0.717) is 6.04 Å². The molecule has 0 saturated heterocycles. The van der Waals surface area contributed by atoms with E-state index in [-0.39, 0.29) is 0 Å². The minimum atomic E-state index is 0.706. The van der Waals surface area contributed by atoms with Crippen LogP contribution in [0.15, 0.2) is 0 Å². The van der Waals surface area contributed by atoms with Crippen LogP contribution in [0.25, 0.3) is 0 Å². The van der Waals surface area contributed by atoms with Gasteiger partial charge in [-0.1, -0.05) is 33.6 Å². The van der Waals surface area contributed by atoms with Gasteiger partial charge in [0.1, 0.15) is 0 Å². The summed E-state index contributed by atoms with van der Waals surface area (Å²) in [6, 6.07) is 0.706. The first-order valence-corrected chi connectivity index (χ1v) is 8.02. The van der Waals surface area contributed by atoms with Crippen molar-refractivity contribution in [3.05, 3.63) is 0 Å². The van der Waals surface area contributed by atoms with E-state index < -0.39 is 0 Å². The number of rotatable bonds is 12. The molecule has 2 nitrogen and oxygen atoms in total. The monoisotopic (exact) mass is 256 g/mol. The molecule has 1 N–H and O–H groups in total. The van der Waals surface area contributed by atoms with Crippen molar-refractivity contribution in [2.75, 3.05) is 26.2 Å². The zero-order valence-electron chi connectivity index (χ0n) is 13.5. The topological polar surface area (TPSA) is 15.3 Å². The van der Waals surface area contributed by atoms with Crippen LogP contribution < -0.4 is 5.32 Å². The fourth-order valence-electron chi connectivity index (χ4n) is 2.22. The molecule has 0 atom stereocenters. The van der Waals surface area contributed by atoms with E-state index >= 15 is 0 Å². The van der Waals surface area contributed by atoms with Crippen LogP contribution in [0.3, 0.4) is 0 Å². The Bertz CT molecular complexity index is 166. The molecule has 0 aromatic carbocycles. The van der Waals surface area contributed by atoms with Gasteiger partial charge in [0.05, 0.1) is 0 Å². The minimum Gasteiger partial charge on any atom is -0.316 e. The average molecular weight is 256 g/mol. The first-order valence-electron chi connectivity index (χ1n) is 8.02. The van der Waals surface area contributed by atoms with Crippen molar-refractivity contribution < 1.29 is 0 Å². The van der Waals surface area contributed by atoms with Crippen molar-refractivity contribution >= 4 is 0 Å². The maximum absolute atomic E-state index is 3.51. The molecule has 0 rings (SSSR count). The molecule has 0 fully saturated rings. The Kier molecular flexibility index (Phi) is 11.9. The molecule has 0 radical (unpaired) electrons. The lowest BCUT2D eigenvalue weighted by Gasteiger charge is -2.25. The highest BCUT2D eigenvalue weighted by Gasteiger charge is 2.06. The van der Waals surface area contributed by atoms with Gasteiger partial charge in [0.2, 0.25) is 0 Å². The molecule has 0 aliphatic carbocycles. The van der Waals surface area contributed by atoms with Crippen LogP contribution in [0.5, 0.6) is 0 Å². The molecular weight excluding hydrogens is 220 g/mol. The van der Waals surface area contributed by atoms with Crippen LogP contribution in [0.4, 0.5) is 0 Å². The Morgan fingerprint density at radius 3 is 2.11 bits per heavy atom. The minimum absolute atomic E-state index is 0.706. The van der Waals surface area contributed by atoms with Gasteiger partial charge < -0.3 is 10.2 Å². The van der Waals surface area contributed by atoms with Crippen molar-refractivity contribution in [3.63, 3.8) is 0 Å². The zero-order valence-corrected chi connectivity index (χ0v) is 13.5. The maximum atomic E-state index is 3.51. The Labute approximate surface area is 116 Å². The summed E-state index contributed by atoms with van der Waals surface area (Å²) < 4.78 is 0. The van der Waals surface area contributed by atoms with E-state index in [1.165, 1.54) is 51.7 Å². The Balaban J connectivity index is 3.32. The third kappa shape index (κ3) is 11.0. The van der Waals surface area contributed by atoms with Gasteiger partial charge in [0.15, 0.2) is 0 Å². The first kappa shape index (κ1) is 17.9. The molecule has 0 aliphatic heterocycles. The van der Waals surface area contributed by atoms with Gasteiger partial charge in [-0.05, 0) is 65.2 Å². The molecular formula is C16H36N2. The quantitative estimate of drug-likeness (QED) is 0.533. The lowest BCUT2D eigenvalue weighted by atomic mass is 10.1. The highest BCUT2D eigenvalue weighted by molar-refractivity contribution is 4.62. The Hall–Kier alpha value is -0.0800. The van der Waals surface area contributed by atoms with Gasteiger partial charge in [-0.15, -0.1) is 0 Å². The van der Waals surface area contributed by atoms with Crippen LogP contribution in [0, 0.1) is 5.92 Å². The number of hydrogen-bond donors (Lipinski definition) is 1. The summed E-state index contributed by atoms with van der Waals surface area (Å²) in [5.41, 5.74) is 0. The van der Waals surface area contributed by atoms with E-state index in [1.54, 1.807) is 0 Å². The predicted octanol–water partition coefficient (Wildman–Crippen LogP) is 3.91. The van der Waals surface area contributed by atoms with Gasteiger partial charge >= 0.3 is 0 Å².